The summed E-state index contributed by atoms with van der Waals surface area (Å²) in [6, 6.07) is 4.32. The Labute approximate surface area is 110 Å². The molecule has 0 fully saturated rings. The molecule has 6 heteroatoms. The van der Waals surface area contributed by atoms with Crippen LogP contribution in [0.1, 0.15) is 16.4 Å². The molecule has 0 aromatic heterocycles. The van der Waals surface area contributed by atoms with E-state index in [2.05, 4.69) is 0 Å². The van der Waals surface area contributed by atoms with Gasteiger partial charge in [-0.2, -0.15) is 24.1 Å². The number of hydrogen-bond acceptors (Lipinski definition) is 1. The number of aliphatic carboxylic acids is 1. The fourth-order valence-electron chi connectivity index (χ4n) is 1.82. The fraction of sp³-hybridized carbons (Fsp3) is 0.154. The molecule has 0 aliphatic carbocycles. The van der Waals surface area contributed by atoms with Crippen molar-refractivity contribution in [2.24, 2.45) is 0 Å². The van der Waals surface area contributed by atoms with Crippen LogP contribution in [0.15, 0.2) is 47.2 Å². The summed E-state index contributed by atoms with van der Waals surface area (Å²) in [5, 5.41) is 12.0. The van der Waals surface area contributed by atoms with Gasteiger partial charge in [-0.3, -0.25) is 4.79 Å². The molecule has 1 N–H and O–H groups in total. The SMILES string of the molecule is O=C(O)C(c1ccc(C(F)(F)F)cc1)[SH]1C=CC=C1. The number of benzene rings is 1. The van der Waals surface area contributed by atoms with Crippen LogP contribution in [0.2, 0.25) is 0 Å². The highest BCUT2D eigenvalue weighted by molar-refractivity contribution is 8.23. The van der Waals surface area contributed by atoms with Crippen molar-refractivity contribution in [1.82, 2.24) is 0 Å². The highest BCUT2D eigenvalue weighted by Crippen LogP contribution is 2.48. The maximum absolute atomic E-state index is 12.4. The number of allylic oxidation sites excluding steroid dienone is 2. The van der Waals surface area contributed by atoms with Crippen molar-refractivity contribution in [3.8, 4) is 0 Å². The van der Waals surface area contributed by atoms with Gasteiger partial charge in [-0.15, -0.1) is 0 Å². The molecule has 0 saturated heterocycles. The number of carboxylic acid groups (broad SMARTS) is 1. The van der Waals surface area contributed by atoms with Crippen molar-refractivity contribution in [2.45, 2.75) is 11.4 Å². The monoisotopic (exact) mass is 288 g/mol. The van der Waals surface area contributed by atoms with Gasteiger partial charge < -0.3 is 5.11 Å². The summed E-state index contributed by atoms with van der Waals surface area (Å²) in [5.74, 6) is -1.03. The molecule has 0 amide bonds. The maximum atomic E-state index is 12.4. The average Bonchev–Trinajstić information content (AvgIpc) is 2.82. The Morgan fingerprint density at radius 3 is 2.05 bits per heavy atom. The van der Waals surface area contributed by atoms with Crippen molar-refractivity contribution >= 4 is 16.9 Å². The molecular formula is C13H11F3O2S. The fourth-order valence-corrected chi connectivity index (χ4v) is 3.63. The van der Waals surface area contributed by atoms with E-state index < -0.39 is 33.9 Å². The van der Waals surface area contributed by atoms with Crippen molar-refractivity contribution < 1.29 is 23.1 Å². The lowest BCUT2D eigenvalue weighted by atomic mass is 10.1. The van der Waals surface area contributed by atoms with Crippen molar-refractivity contribution in [1.29, 1.82) is 0 Å². The lowest BCUT2D eigenvalue weighted by molar-refractivity contribution is -0.137. The summed E-state index contributed by atoms with van der Waals surface area (Å²) < 4.78 is 37.3. The van der Waals surface area contributed by atoms with E-state index in [-0.39, 0.29) is 0 Å². The van der Waals surface area contributed by atoms with E-state index >= 15 is 0 Å². The first-order valence-electron chi connectivity index (χ1n) is 5.42. The minimum Gasteiger partial charge on any atom is -0.480 e. The van der Waals surface area contributed by atoms with Gasteiger partial charge in [0.05, 0.1) is 5.56 Å². The molecule has 0 spiro atoms. The van der Waals surface area contributed by atoms with E-state index in [1.54, 1.807) is 23.0 Å². The predicted molar refractivity (Wildman–Crippen MR) is 69.1 cm³/mol. The van der Waals surface area contributed by atoms with Crippen LogP contribution in [0.5, 0.6) is 0 Å². The molecule has 1 atom stereocenters. The smallest absolute Gasteiger partial charge is 0.416 e. The highest BCUT2D eigenvalue weighted by atomic mass is 32.2. The minimum atomic E-state index is -4.41. The summed E-state index contributed by atoms with van der Waals surface area (Å²) in [6.07, 6.45) is -0.896. The third-order valence-electron chi connectivity index (χ3n) is 2.71. The molecule has 1 aromatic rings. The number of alkyl halides is 3. The summed E-state index contributed by atoms with van der Waals surface area (Å²) in [4.78, 5) is 11.3. The lowest BCUT2D eigenvalue weighted by Gasteiger charge is -2.21. The van der Waals surface area contributed by atoms with Crippen molar-refractivity contribution in [2.75, 3.05) is 0 Å². The molecule has 2 nitrogen and oxygen atoms in total. The van der Waals surface area contributed by atoms with Crippen LogP contribution in [0.25, 0.3) is 0 Å². The second-order valence-electron chi connectivity index (χ2n) is 3.99. The van der Waals surface area contributed by atoms with E-state index in [9.17, 15) is 23.1 Å². The molecule has 0 radical (unpaired) electrons. The Bertz CT molecular complexity index is 520. The summed E-state index contributed by atoms with van der Waals surface area (Å²) >= 11 is 0. The largest absolute Gasteiger partial charge is 0.480 e. The first-order valence-corrected chi connectivity index (χ1v) is 6.97. The van der Waals surface area contributed by atoms with Crippen molar-refractivity contribution in [3.05, 3.63) is 58.4 Å². The Hall–Kier alpha value is -1.69. The first-order chi connectivity index (χ1) is 8.89. The number of hydrogen-bond donors (Lipinski definition) is 2. The van der Waals surface area contributed by atoms with Crippen LogP contribution in [0.4, 0.5) is 13.2 Å². The summed E-state index contributed by atoms with van der Waals surface area (Å²) in [5.41, 5.74) is -0.381. The first kappa shape index (κ1) is 13.7. The Balaban J connectivity index is 2.31. The van der Waals surface area contributed by atoms with Gasteiger partial charge in [0, 0.05) is 0 Å². The standard InChI is InChI=1S/C13H11F3O2S/c14-13(15,16)10-5-3-9(4-6-10)11(12(17)18)19-7-1-2-8-19/h1-8,11,19H,(H,17,18). The number of thiol groups is 1. The van der Waals surface area contributed by atoms with Gasteiger partial charge in [0.15, 0.2) is 0 Å². The van der Waals surface area contributed by atoms with Crippen LogP contribution in [-0.2, 0) is 11.0 Å². The molecule has 1 unspecified atom stereocenters. The molecule has 1 aliphatic heterocycles. The predicted octanol–water partition coefficient (Wildman–Crippen LogP) is 3.87. The normalized spacial score (nSPS) is 17.7. The van der Waals surface area contributed by atoms with Crippen LogP contribution in [-0.4, -0.2) is 11.1 Å². The Morgan fingerprint density at radius 2 is 1.63 bits per heavy atom. The van der Waals surface area contributed by atoms with Crippen molar-refractivity contribution in [3.63, 3.8) is 0 Å². The quantitative estimate of drug-likeness (QED) is 0.828. The van der Waals surface area contributed by atoms with E-state index in [1.165, 1.54) is 12.1 Å². The third kappa shape index (κ3) is 3.01. The topological polar surface area (TPSA) is 37.3 Å². The van der Waals surface area contributed by atoms with Crippen LogP contribution in [0, 0.1) is 0 Å². The van der Waals surface area contributed by atoms with Gasteiger partial charge in [0.25, 0.3) is 0 Å². The second kappa shape index (κ2) is 5.13. The molecule has 0 saturated carbocycles. The zero-order chi connectivity index (χ0) is 14.0. The Morgan fingerprint density at radius 1 is 1.11 bits per heavy atom. The molecule has 2 rings (SSSR count). The molecule has 1 aromatic carbocycles. The summed E-state index contributed by atoms with van der Waals surface area (Å²) in [7, 11) is -1.00. The van der Waals surface area contributed by atoms with Gasteiger partial charge in [-0.05, 0) is 28.5 Å². The van der Waals surface area contributed by atoms with Gasteiger partial charge in [-0.25, -0.2) is 0 Å². The Kier molecular flexibility index (Phi) is 3.71. The molecule has 19 heavy (non-hydrogen) atoms. The molecule has 0 bridgehead atoms. The maximum Gasteiger partial charge on any atom is 0.416 e. The zero-order valence-corrected chi connectivity index (χ0v) is 10.5. The zero-order valence-electron chi connectivity index (χ0n) is 9.63. The minimum absolute atomic E-state index is 0.391. The molecular weight excluding hydrogens is 277 g/mol. The van der Waals surface area contributed by atoms with E-state index in [0.717, 1.165) is 12.1 Å². The number of carbonyl (C=O) groups is 1. The molecule has 1 aliphatic rings. The molecule has 1 heterocycles. The molecule has 102 valence electrons. The van der Waals surface area contributed by atoms with Gasteiger partial charge in [0.1, 0.15) is 5.25 Å². The van der Waals surface area contributed by atoms with Gasteiger partial charge in [0.2, 0.25) is 0 Å². The van der Waals surface area contributed by atoms with Gasteiger partial charge >= 0.3 is 12.1 Å². The van der Waals surface area contributed by atoms with E-state index in [1.807, 2.05) is 0 Å². The van der Waals surface area contributed by atoms with Crippen LogP contribution >= 0.6 is 10.9 Å². The third-order valence-corrected chi connectivity index (χ3v) is 4.86. The summed E-state index contributed by atoms with van der Waals surface area (Å²) in [6.45, 7) is 0. The van der Waals surface area contributed by atoms with E-state index in [4.69, 9.17) is 0 Å². The number of rotatable bonds is 3. The average molecular weight is 288 g/mol. The number of halogens is 3. The van der Waals surface area contributed by atoms with Gasteiger partial charge in [-0.1, -0.05) is 24.3 Å². The lowest BCUT2D eigenvalue weighted by Crippen LogP contribution is -2.11. The van der Waals surface area contributed by atoms with Crippen LogP contribution in [0.3, 0.4) is 0 Å². The number of carboxylic acids is 1. The second-order valence-corrected chi connectivity index (χ2v) is 6.00. The van der Waals surface area contributed by atoms with E-state index in [0.29, 0.717) is 5.56 Å². The highest BCUT2D eigenvalue weighted by Gasteiger charge is 2.31. The van der Waals surface area contributed by atoms with Crippen LogP contribution < -0.4 is 0 Å².